The molecule has 2 aliphatic heterocycles. The molecule has 2 fully saturated rings. The molecule has 1 aromatic rings. The minimum atomic E-state index is -0.310. The molecule has 0 spiro atoms. The summed E-state index contributed by atoms with van der Waals surface area (Å²) >= 11 is 1.75. The Morgan fingerprint density at radius 2 is 2.20 bits per heavy atom. The van der Waals surface area contributed by atoms with Gasteiger partial charge in [0.2, 0.25) is 5.91 Å². The predicted molar refractivity (Wildman–Crippen MR) is 81.8 cm³/mol. The van der Waals surface area contributed by atoms with Crippen LogP contribution in [0.1, 0.15) is 25.3 Å². The molecule has 0 saturated carbocycles. The van der Waals surface area contributed by atoms with Crippen molar-refractivity contribution in [2.24, 2.45) is 0 Å². The SMILES string of the molecule is CC1(C(=O)N2CCN(Cc3ccsc3)CC2)CCCN1. The molecule has 1 atom stereocenters. The van der Waals surface area contributed by atoms with E-state index in [1.165, 1.54) is 5.56 Å². The van der Waals surface area contributed by atoms with Crippen molar-refractivity contribution in [3.63, 3.8) is 0 Å². The molecule has 4 nitrogen and oxygen atoms in total. The van der Waals surface area contributed by atoms with Gasteiger partial charge in [0.1, 0.15) is 0 Å². The van der Waals surface area contributed by atoms with Crippen LogP contribution in [0.15, 0.2) is 16.8 Å². The highest BCUT2D eigenvalue weighted by Gasteiger charge is 2.39. The summed E-state index contributed by atoms with van der Waals surface area (Å²) in [6, 6.07) is 2.19. The first kappa shape index (κ1) is 14.0. The highest BCUT2D eigenvalue weighted by Crippen LogP contribution is 2.22. The minimum Gasteiger partial charge on any atom is -0.339 e. The van der Waals surface area contributed by atoms with Crippen LogP contribution in [0.3, 0.4) is 0 Å². The van der Waals surface area contributed by atoms with E-state index in [0.717, 1.165) is 52.1 Å². The molecule has 1 N–H and O–H groups in total. The van der Waals surface area contributed by atoms with Crippen LogP contribution >= 0.6 is 11.3 Å². The lowest BCUT2D eigenvalue weighted by molar-refractivity contribution is -0.139. The van der Waals surface area contributed by atoms with Crippen molar-refractivity contribution in [3.05, 3.63) is 22.4 Å². The van der Waals surface area contributed by atoms with E-state index in [1.807, 2.05) is 4.90 Å². The quantitative estimate of drug-likeness (QED) is 0.918. The van der Waals surface area contributed by atoms with E-state index in [2.05, 4.69) is 34.0 Å². The van der Waals surface area contributed by atoms with Crippen molar-refractivity contribution in [2.75, 3.05) is 32.7 Å². The lowest BCUT2D eigenvalue weighted by Crippen LogP contribution is -2.57. The predicted octanol–water partition coefficient (Wildman–Crippen LogP) is 1.53. The molecule has 0 bridgehead atoms. The Hall–Kier alpha value is -0.910. The molecule has 2 aliphatic rings. The zero-order valence-corrected chi connectivity index (χ0v) is 12.9. The maximum absolute atomic E-state index is 12.6. The summed E-state index contributed by atoms with van der Waals surface area (Å²) in [5.41, 5.74) is 1.08. The fourth-order valence-corrected chi connectivity index (χ4v) is 3.84. The monoisotopic (exact) mass is 293 g/mol. The number of thiophene rings is 1. The number of rotatable bonds is 3. The highest BCUT2D eigenvalue weighted by atomic mass is 32.1. The molecule has 1 amide bonds. The number of amides is 1. The first-order chi connectivity index (χ1) is 9.67. The second-order valence-electron chi connectivity index (χ2n) is 6.06. The molecule has 0 aliphatic carbocycles. The van der Waals surface area contributed by atoms with Gasteiger partial charge in [-0.2, -0.15) is 11.3 Å². The van der Waals surface area contributed by atoms with Gasteiger partial charge in [-0.1, -0.05) is 0 Å². The van der Waals surface area contributed by atoms with Crippen molar-refractivity contribution in [1.82, 2.24) is 15.1 Å². The third-order valence-electron chi connectivity index (χ3n) is 4.49. The molecule has 3 heterocycles. The van der Waals surface area contributed by atoms with E-state index < -0.39 is 0 Å². The van der Waals surface area contributed by atoms with Gasteiger partial charge in [-0.05, 0) is 48.7 Å². The van der Waals surface area contributed by atoms with Crippen molar-refractivity contribution in [2.45, 2.75) is 31.8 Å². The molecule has 3 rings (SSSR count). The molecule has 1 aromatic heterocycles. The van der Waals surface area contributed by atoms with Gasteiger partial charge < -0.3 is 10.2 Å². The van der Waals surface area contributed by atoms with E-state index in [1.54, 1.807) is 11.3 Å². The number of carbonyl (C=O) groups is 1. The molecule has 20 heavy (non-hydrogen) atoms. The Kier molecular flexibility index (Phi) is 4.10. The molecular weight excluding hydrogens is 270 g/mol. The summed E-state index contributed by atoms with van der Waals surface area (Å²) in [6.45, 7) is 7.73. The topological polar surface area (TPSA) is 35.6 Å². The number of nitrogens with zero attached hydrogens (tertiary/aromatic N) is 2. The zero-order chi connectivity index (χ0) is 14.0. The molecule has 1 unspecified atom stereocenters. The van der Waals surface area contributed by atoms with Crippen molar-refractivity contribution in [3.8, 4) is 0 Å². The summed E-state index contributed by atoms with van der Waals surface area (Å²) in [5, 5.41) is 7.71. The van der Waals surface area contributed by atoms with Gasteiger partial charge in [0.25, 0.3) is 0 Å². The number of nitrogens with one attached hydrogen (secondary N) is 1. The second-order valence-corrected chi connectivity index (χ2v) is 6.84. The summed E-state index contributed by atoms with van der Waals surface area (Å²) in [7, 11) is 0. The Bertz CT molecular complexity index is 446. The van der Waals surface area contributed by atoms with Crippen molar-refractivity contribution < 1.29 is 4.79 Å². The van der Waals surface area contributed by atoms with Gasteiger partial charge in [-0.15, -0.1) is 0 Å². The lowest BCUT2D eigenvalue weighted by Gasteiger charge is -2.38. The molecule has 5 heteroatoms. The van der Waals surface area contributed by atoms with Crippen LogP contribution in [0.25, 0.3) is 0 Å². The summed E-state index contributed by atoms with van der Waals surface area (Å²) in [4.78, 5) is 17.1. The summed E-state index contributed by atoms with van der Waals surface area (Å²) < 4.78 is 0. The minimum absolute atomic E-state index is 0.296. The Morgan fingerprint density at radius 3 is 2.80 bits per heavy atom. The van der Waals surface area contributed by atoms with Gasteiger partial charge in [0.15, 0.2) is 0 Å². The third kappa shape index (κ3) is 2.90. The molecule has 0 radical (unpaired) electrons. The smallest absolute Gasteiger partial charge is 0.242 e. The standard InChI is InChI=1S/C15H23N3OS/c1-15(4-2-5-16-15)14(19)18-8-6-17(7-9-18)11-13-3-10-20-12-13/h3,10,12,16H,2,4-9,11H2,1H3. The van der Waals surface area contributed by atoms with Crippen LogP contribution in [0.5, 0.6) is 0 Å². The third-order valence-corrected chi connectivity index (χ3v) is 5.22. The van der Waals surface area contributed by atoms with E-state index in [4.69, 9.17) is 0 Å². The van der Waals surface area contributed by atoms with Crippen LogP contribution in [0.4, 0.5) is 0 Å². The van der Waals surface area contributed by atoms with Gasteiger partial charge in [-0.3, -0.25) is 9.69 Å². The number of piperazine rings is 1. The number of hydrogen-bond acceptors (Lipinski definition) is 4. The Morgan fingerprint density at radius 1 is 1.40 bits per heavy atom. The van der Waals surface area contributed by atoms with Crippen LogP contribution in [-0.4, -0.2) is 54.0 Å². The van der Waals surface area contributed by atoms with Gasteiger partial charge in [0.05, 0.1) is 5.54 Å². The van der Waals surface area contributed by atoms with Gasteiger partial charge in [-0.25, -0.2) is 0 Å². The molecular formula is C15H23N3OS. The summed E-state index contributed by atoms with van der Waals surface area (Å²) in [5.74, 6) is 0.296. The molecule has 2 saturated heterocycles. The van der Waals surface area contributed by atoms with Crippen LogP contribution < -0.4 is 5.32 Å². The molecule has 0 aromatic carbocycles. The van der Waals surface area contributed by atoms with Gasteiger partial charge in [0, 0.05) is 32.7 Å². The Balaban J connectivity index is 1.52. The largest absolute Gasteiger partial charge is 0.339 e. The van der Waals surface area contributed by atoms with Gasteiger partial charge >= 0.3 is 0 Å². The van der Waals surface area contributed by atoms with Crippen LogP contribution in [-0.2, 0) is 11.3 Å². The van der Waals surface area contributed by atoms with E-state index in [-0.39, 0.29) is 5.54 Å². The van der Waals surface area contributed by atoms with Crippen molar-refractivity contribution >= 4 is 17.2 Å². The highest BCUT2D eigenvalue weighted by molar-refractivity contribution is 7.07. The average Bonchev–Trinajstić information content (AvgIpc) is 3.11. The van der Waals surface area contributed by atoms with Crippen molar-refractivity contribution in [1.29, 1.82) is 0 Å². The first-order valence-corrected chi connectivity index (χ1v) is 8.39. The van der Waals surface area contributed by atoms with Crippen LogP contribution in [0, 0.1) is 0 Å². The fraction of sp³-hybridized carbons (Fsp3) is 0.667. The maximum Gasteiger partial charge on any atom is 0.242 e. The molecule has 110 valence electrons. The second kappa shape index (κ2) is 5.84. The maximum atomic E-state index is 12.6. The average molecular weight is 293 g/mol. The fourth-order valence-electron chi connectivity index (χ4n) is 3.18. The normalized spacial score (nSPS) is 27.9. The van der Waals surface area contributed by atoms with E-state index >= 15 is 0 Å². The van der Waals surface area contributed by atoms with E-state index in [9.17, 15) is 4.79 Å². The number of carbonyl (C=O) groups excluding carboxylic acids is 1. The Labute approximate surface area is 124 Å². The number of hydrogen-bond donors (Lipinski definition) is 1. The van der Waals surface area contributed by atoms with E-state index in [0.29, 0.717) is 5.91 Å². The summed E-state index contributed by atoms with van der Waals surface area (Å²) in [6.07, 6.45) is 2.08. The lowest BCUT2D eigenvalue weighted by atomic mass is 9.98. The van der Waals surface area contributed by atoms with Crippen LogP contribution in [0.2, 0.25) is 0 Å². The zero-order valence-electron chi connectivity index (χ0n) is 12.1. The first-order valence-electron chi connectivity index (χ1n) is 7.45.